The summed E-state index contributed by atoms with van der Waals surface area (Å²) in [5, 5.41) is 20.9. The molecule has 0 spiro atoms. The Morgan fingerprint density at radius 3 is 2.33 bits per heavy atom. The summed E-state index contributed by atoms with van der Waals surface area (Å²) in [7, 11) is 0. The van der Waals surface area contributed by atoms with Crippen LogP contribution in [0, 0.1) is 0 Å². The van der Waals surface area contributed by atoms with Crippen molar-refractivity contribution in [2.24, 2.45) is 0 Å². The lowest BCUT2D eigenvalue weighted by Crippen LogP contribution is -2.46. The zero-order chi connectivity index (χ0) is 16.4. The van der Waals surface area contributed by atoms with Gasteiger partial charge in [-0.15, -0.1) is 0 Å². The van der Waals surface area contributed by atoms with Crippen LogP contribution in [0.4, 0.5) is 0 Å². The van der Waals surface area contributed by atoms with E-state index in [9.17, 15) is 14.7 Å². The van der Waals surface area contributed by atoms with Gasteiger partial charge < -0.3 is 15.5 Å². The van der Waals surface area contributed by atoms with E-state index in [4.69, 9.17) is 16.7 Å². The molecule has 0 aliphatic carbocycles. The van der Waals surface area contributed by atoms with Crippen molar-refractivity contribution < 1.29 is 19.8 Å². The fourth-order valence-corrected chi connectivity index (χ4v) is 1.65. The number of nitrogens with one attached hydrogen (secondary N) is 1. The van der Waals surface area contributed by atoms with E-state index in [0.29, 0.717) is 5.69 Å². The third-order valence-corrected chi connectivity index (χ3v) is 3.07. The number of aromatic nitrogens is 1. The molecule has 3 N–H and O–H groups in total. The molecule has 0 aliphatic heterocycles. The lowest BCUT2D eigenvalue weighted by atomic mass is 9.91. The fourth-order valence-electron chi connectivity index (χ4n) is 1.44. The molecule has 1 heterocycles. The predicted octanol–water partition coefficient (Wildman–Crippen LogP) is 1.60. The zero-order valence-corrected chi connectivity index (χ0v) is 13.2. The SMILES string of the molecule is CC(O)(CNC(=O)c1cc(Cl)nc(C(C)(C)C)c1)C(=O)O. The molecule has 1 aromatic rings. The van der Waals surface area contributed by atoms with Gasteiger partial charge in [-0.1, -0.05) is 32.4 Å². The molecule has 7 heteroatoms. The van der Waals surface area contributed by atoms with Gasteiger partial charge in [0.1, 0.15) is 5.15 Å². The lowest BCUT2D eigenvalue weighted by Gasteiger charge is -2.20. The van der Waals surface area contributed by atoms with Gasteiger partial charge in [0.25, 0.3) is 5.91 Å². The minimum atomic E-state index is -2.03. The first-order chi connectivity index (χ1) is 9.43. The van der Waals surface area contributed by atoms with E-state index in [1.807, 2.05) is 20.8 Å². The summed E-state index contributed by atoms with van der Waals surface area (Å²) >= 11 is 5.91. The van der Waals surface area contributed by atoms with Gasteiger partial charge in [0.05, 0.1) is 6.54 Å². The van der Waals surface area contributed by atoms with Gasteiger partial charge in [-0.05, 0) is 19.1 Å². The van der Waals surface area contributed by atoms with Crippen LogP contribution in [0.25, 0.3) is 0 Å². The van der Waals surface area contributed by atoms with E-state index in [1.165, 1.54) is 6.07 Å². The Bertz CT molecular complexity index is 565. The molecule has 1 aromatic heterocycles. The number of carboxylic acid groups (broad SMARTS) is 1. The maximum atomic E-state index is 12.0. The third kappa shape index (κ3) is 4.68. The summed E-state index contributed by atoms with van der Waals surface area (Å²) in [6, 6.07) is 2.98. The lowest BCUT2D eigenvalue weighted by molar-refractivity contribution is -0.155. The molecule has 1 atom stereocenters. The number of aliphatic hydroxyl groups is 1. The second-order valence-corrected chi connectivity index (χ2v) is 6.46. The van der Waals surface area contributed by atoms with Gasteiger partial charge in [0, 0.05) is 16.7 Å². The average Bonchev–Trinajstić information content (AvgIpc) is 2.34. The highest BCUT2D eigenvalue weighted by Crippen LogP contribution is 2.23. The minimum Gasteiger partial charge on any atom is -0.479 e. The van der Waals surface area contributed by atoms with Crippen LogP contribution in [0.5, 0.6) is 0 Å². The van der Waals surface area contributed by atoms with Crippen LogP contribution in [0.3, 0.4) is 0 Å². The fraction of sp³-hybridized carbons (Fsp3) is 0.500. The molecule has 0 aliphatic rings. The average molecular weight is 315 g/mol. The number of hydrogen-bond acceptors (Lipinski definition) is 4. The third-order valence-electron chi connectivity index (χ3n) is 2.88. The Morgan fingerprint density at radius 2 is 1.86 bits per heavy atom. The van der Waals surface area contributed by atoms with Crippen molar-refractivity contribution in [1.82, 2.24) is 10.3 Å². The maximum absolute atomic E-state index is 12.0. The van der Waals surface area contributed by atoms with E-state index in [1.54, 1.807) is 6.07 Å². The highest BCUT2D eigenvalue weighted by Gasteiger charge is 2.30. The standard InChI is InChI=1S/C14H19ClN2O4/c1-13(2,3)9-5-8(6-10(15)17-9)11(18)16-7-14(4,21)12(19)20/h5-6,21H,7H2,1-4H3,(H,16,18)(H,19,20). The molecule has 0 radical (unpaired) electrons. The number of rotatable bonds is 4. The molecular formula is C14H19ClN2O4. The number of carbonyl (C=O) groups excluding carboxylic acids is 1. The monoisotopic (exact) mass is 314 g/mol. The molecular weight excluding hydrogens is 296 g/mol. The highest BCUT2D eigenvalue weighted by atomic mass is 35.5. The van der Waals surface area contributed by atoms with Crippen LogP contribution in [-0.4, -0.2) is 39.2 Å². The minimum absolute atomic E-state index is 0.178. The summed E-state index contributed by atoms with van der Waals surface area (Å²) in [6.45, 7) is 6.50. The van der Waals surface area contributed by atoms with Crippen molar-refractivity contribution in [3.05, 3.63) is 28.5 Å². The van der Waals surface area contributed by atoms with Gasteiger partial charge in [0.15, 0.2) is 5.60 Å². The summed E-state index contributed by atoms with van der Waals surface area (Å²) in [4.78, 5) is 27.0. The Morgan fingerprint density at radius 1 is 1.29 bits per heavy atom. The van der Waals surface area contributed by atoms with E-state index < -0.39 is 24.0 Å². The van der Waals surface area contributed by atoms with Crippen molar-refractivity contribution >= 4 is 23.5 Å². The first kappa shape index (κ1) is 17.4. The highest BCUT2D eigenvalue weighted by molar-refractivity contribution is 6.29. The molecule has 1 amide bonds. The molecule has 0 saturated heterocycles. The van der Waals surface area contributed by atoms with E-state index in [0.717, 1.165) is 6.92 Å². The molecule has 1 unspecified atom stereocenters. The zero-order valence-electron chi connectivity index (χ0n) is 12.4. The molecule has 116 valence electrons. The van der Waals surface area contributed by atoms with Gasteiger partial charge in [0.2, 0.25) is 0 Å². The van der Waals surface area contributed by atoms with Crippen LogP contribution in [-0.2, 0) is 10.2 Å². The van der Waals surface area contributed by atoms with Gasteiger partial charge >= 0.3 is 5.97 Å². The molecule has 1 rings (SSSR count). The van der Waals surface area contributed by atoms with E-state index in [-0.39, 0.29) is 16.1 Å². The largest absolute Gasteiger partial charge is 0.479 e. The van der Waals surface area contributed by atoms with Gasteiger partial charge in [-0.2, -0.15) is 0 Å². The van der Waals surface area contributed by atoms with Crippen molar-refractivity contribution in [1.29, 1.82) is 0 Å². The number of aliphatic carboxylic acids is 1. The number of nitrogens with zero attached hydrogens (tertiary/aromatic N) is 1. The molecule has 0 bridgehead atoms. The molecule has 6 nitrogen and oxygen atoms in total. The maximum Gasteiger partial charge on any atom is 0.337 e. The van der Waals surface area contributed by atoms with Crippen LogP contribution < -0.4 is 5.32 Å². The Balaban J connectivity index is 2.94. The molecule has 21 heavy (non-hydrogen) atoms. The first-order valence-corrected chi connectivity index (χ1v) is 6.73. The number of hydrogen-bond donors (Lipinski definition) is 3. The molecule has 0 saturated carbocycles. The Kier molecular flexibility index (Phi) is 4.96. The van der Waals surface area contributed by atoms with E-state index in [2.05, 4.69) is 10.3 Å². The summed E-state index contributed by atoms with van der Waals surface area (Å²) in [5.41, 5.74) is -1.41. The van der Waals surface area contributed by atoms with Crippen molar-refractivity contribution in [3.63, 3.8) is 0 Å². The Hall–Kier alpha value is -1.66. The second kappa shape index (κ2) is 5.99. The van der Waals surface area contributed by atoms with Crippen LogP contribution in [0.2, 0.25) is 5.15 Å². The predicted molar refractivity (Wildman–Crippen MR) is 78.5 cm³/mol. The van der Waals surface area contributed by atoms with Gasteiger partial charge in [-0.3, -0.25) is 4.79 Å². The number of amides is 1. The van der Waals surface area contributed by atoms with E-state index >= 15 is 0 Å². The smallest absolute Gasteiger partial charge is 0.337 e. The summed E-state index contributed by atoms with van der Waals surface area (Å²) < 4.78 is 0. The van der Waals surface area contributed by atoms with Gasteiger partial charge in [-0.25, -0.2) is 9.78 Å². The number of halogens is 1. The molecule has 0 aromatic carbocycles. The van der Waals surface area contributed by atoms with Crippen molar-refractivity contribution in [3.8, 4) is 0 Å². The first-order valence-electron chi connectivity index (χ1n) is 6.35. The molecule has 0 fully saturated rings. The van der Waals surface area contributed by atoms with Crippen molar-refractivity contribution in [2.45, 2.75) is 38.7 Å². The topological polar surface area (TPSA) is 99.5 Å². The normalized spacial score (nSPS) is 14.4. The van der Waals surface area contributed by atoms with Crippen LogP contribution in [0.15, 0.2) is 12.1 Å². The number of pyridine rings is 1. The number of carbonyl (C=O) groups is 2. The number of carboxylic acids is 1. The van der Waals surface area contributed by atoms with Crippen molar-refractivity contribution in [2.75, 3.05) is 6.54 Å². The summed E-state index contributed by atoms with van der Waals surface area (Å²) in [5.74, 6) is -1.93. The quantitative estimate of drug-likeness (QED) is 0.733. The van der Waals surface area contributed by atoms with Crippen LogP contribution >= 0.6 is 11.6 Å². The Labute approximate surface area is 128 Å². The summed E-state index contributed by atoms with van der Waals surface area (Å²) in [6.07, 6.45) is 0. The van der Waals surface area contributed by atoms with Crippen LogP contribution in [0.1, 0.15) is 43.7 Å². The second-order valence-electron chi connectivity index (χ2n) is 6.08.